The van der Waals surface area contributed by atoms with Crippen molar-refractivity contribution in [2.75, 3.05) is 19.8 Å². The van der Waals surface area contributed by atoms with Crippen LogP contribution in [0.1, 0.15) is 24.5 Å². The van der Waals surface area contributed by atoms with Crippen molar-refractivity contribution in [3.05, 3.63) is 35.4 Å². The zero-order chi connectivity index (χ0) is 12.3. The van der Waals surface area contributed by atoms with Crippen LogP contribution in [0.3, 0.4) is 0 Å². The second-order valence-electron chi connectivity index (χ2n) is 4.95. The maximum Gasteiger partial charge on any atom is 0.263 e. The highest BCUT2D eigenvalue weighted by Gasteiger charge is 2.32. The molecule has 1 aromatic rings. The SMILES string of the molecule is CC1(CNCc2cccc(C(F)F)c2)COC1. The average Bonchev–Trinajstić information content (AvgIpc) is 2.27. The first-order valence-electron chi connectivity index (χ1n) is 5.75. The number of hydrogen-bond acceptors (Lipinski definition) is 2. The third kappa shape index (κ3) is 3.23. The molecule has 94 valence electrons. The molecule has 0 aromatic heterocycles. The molecule has 0 unspecified atom stereocenters. The summed E-state index contributed by atoms with van der Waals surface area (Å²) >= 11 is 0. The Morgan fingerprint density at radius 1 is 1.41 bits per heavy atom. The number of ether oxygens (including phenoxy) is 1. The Bertz CT molecular complexity index is 377. The largest absolute Gasteiger partial charge is 0.380 e. The summed E-state index contributed by atoms with van der Waals surface area (Å²) in [6.45, 7) is 5.18. The van der Waals surface area contributed by atoms with Crippen LogP contribution < -0.4 is 5.32 Å². The Morgan fingerprint density at radius 2 is 2.18 bits per heavy atom. The summed E-state index contributed by atoms with van der Waals surface area (Å²) in [5.74, 6) is 0. The topological polar surface area (TPSA) is 21.3 Å². The second kappa shape index (κ2) is 5.10. The summed E-state index contributed by atoms with van der Waals surface area (Å²) in [6.07, 6.45) is -2.40. The molecule has 1 aliphatic heterocycles. The van der Waals surface area contributed by atoms with Gasteiger partial charge in [-0.3, -0.25) is 0 Å². The van der Waals surface area contributed by atoms with Crippen LogP contribution in [0.2, 0.25) is 0 Å². The lowest BCUT2D eigenvalue weighted by atomic mass is 9.89. The van der Waals surface area contributed by atoms with Crippen molar-refractivity contribution in [2.24, 2.45) is 5.41 Å². The monoisotopic (exact) mass is 241 g/mol. The minimum absolute atomic E-state index is 0.0856. The maximum atomic E-state index is 12.5. The van der Waals surface area contributed by atoms with Crippen molar-refractivity contribution in [3.63, 3.8) is 0 Å². The molecular weight excluding hydrogens is 224 g/mol. The maximum absolute atomic E-state index is 12.5. The average molecular weight is 241 g/mol. The predicted molar refractivity (Wildman–Crippen MR) is 62.0 cm³/mol. The van der Waals surface area contributed by atoms with Gasteiger partial charge in [-0.05, 0) is 11.6 Å². The van der Waals surface area contributed by atoms with Gasteiger partial charge in [0.25, 0.3) is 6.43 Å². The molecule has 0 atom stereocenters. The van der Waals surface area contributed by atoms with E-state index < -0.39 is 6.43 Å². The number of nitrogens with one attached hydrogen (secondary N) is 1. The van der Waals surface area contributed by atoms with Crippen LogP contribution in [-0.2, 0) is 11.3 Å². The fourth-order valence-electron chi connectivity index (χ4n) is 1.90. The van der Waals surface area contributed by atoms with Gasteiger partial charge in [-0.15, -0.1) is 0 Å². The quantitative estimate of drug-likeness (QED) is 0.855. The minimum atomic E-state index is -2.40. The number of benzene rings is 1. The summed E-state index contributed by atoms with van der Waals surface area (Å²) in [4.78, 5) is 0. The van der Waals surface area contributed by atoms with Gasteiger partial charge in [-0.1, -0.05) is 25.1 Å². The van der Waals surface area contributed by atoms with Gasteiger partial charge >= 0.3 is 0 Å². The molecule has 1 fully saturated rings. The number of rotatable bonds is 5. The fourth-order valence-corrected chi connectivity index (χ4v) is 1.90. The summed E-state index contributed by atoms with van der Waals surface area (Å²) in [7, 11) is 0. The van der Waals surface area contributed by atoms with E-state index in [0.717, 1.165) is 25.3 Å². The molecule has 2 rings (SSSR count). The van der Waals surface area contributed by atoms with Gasteiger partial charge in [0.2, 0.25) is 0 Å². The molecule has 0 radical (unpaired) electrons. The van der Waals surface area contributed by atoms with Crippen molar-refractivity contribution in [1.82, 2.24) is 5.32 Å². The molecule has 0 spiro atoms. The Balaban J connectivity index is 1.84. The lowest BCUT2D eigenvalue weighted by Gasteiger charge is -2.38. The van der Waals surface area contributed by atoms with Crippen LogP contribution in [0.5, 0.6) is 0 Å². The standard InChI is InChI=1S/C13H17F2NO/c1-13(8-17-9-13)7-16-6-10-3-2-4-11(5-10)12(14)15/h2-5,12,16H,6-9H2,1H3. The molecule has 0 saturated carbocycles. The van der Waals surface area contributed by atoms with Gasteiger partial charge < -0.3 is 10.1 Å². The van der Waals surface area contributed by atoms with E-state index in [2.05, 4.69) is 12.2 Å². The Hall–Kier alpha value is -1.00. The molecule has 17 heavy (non-hydrogen) atoms. The molecular formula is C13H17F2NO. The van der Waals surface area contributed by atoms with E-state index in [1.54, 1.807) is 12.1 Å². The van der Waals surface area contributed by atoms with Crippen LogP contribution in [0.4, 0.5) is 8.78 Å². The third-order valence-corrected chi connectivity index (χ3v) is 2.98. The third-order valence-electron chi connectivity index (χ3n) is 2.98. The molecule has 2 nitrogen and oxygen atoms in total. The Morgan fingerprint density at radius 3 is 2.76 bits per heavy atom. The van der Waals surface area contributed by atoms with Crippen LogP contribution in [-0.4, -0.2) is 19.8 Å². The van der Waals surface area contributed by atoms with E-state index >= 15 is 0 Å². The first-order chi connectivity index (χ1) is 8.09. The number of alkyl halides is 2. The molecule has 0 amide bonds. The summed E-state index contributed by atoms with van der Waals surface area (Å²) in [6, 6.07) is 6.54. The van der Waals surface area contributed by atoms with Gasteiger partial charge in [-0.25, -0.2) is 8.78 Å². The van der Waals surface area contributed by atoms with Gasteiger partial charge in [0.05, 0.1) is 13.2 Å². The highest BCUT2D eigenvalue weighted by atomic mass is 19.3. The van der Waals surface area contributed by atoms with Gasteiger partial charge in [-0.2, -0.15) is 0 Å². The molecule has 1 saturated heterocycles. The molecule has 4 heteroatoms. The molecule has 1 aliphatic rings. The van der Waals surface area contributed by atoms with Gasteiger partial charge in [0.15, 0.2) is 0 Å². The molecule has 0 aliphatic carbocycles. The highest BCUT2D eigenvalue weighted by molar-refractivity contribution is 5.24. The van der Waals surface area contributed by atoms with Crippen LogP contribution in [0.15, 0.2) is 24.3 Å². The fraction of sp³-hybridized carbons (Fsp3) is 0.538. The van der Waals surface area contributed by atoms with E-state index in [9.17, 15) is 8.78 Å². The van der Waals surface area contributed by atoms with E-state index in [4.69, 9.17) is 4.74 Å². The van der Waals surface area contributed by atoms with Crippen LogP contribution in [0.25, 0.3) is 0 Å². The van der Waals surface area contributed by atoms with Gasteiger partial charge in [0, 0.05) is 24.1 Å². The van der Waals surface area contributed by atoms with E-state index in [0.29, 0.717) is 6.54 Å². The Labute approximate surface area is 100.0 Å². The Kier molecular flexibility index (Phi) is 3.74. The number of halogens is 2. The molecule has 1 N–H and O–H groups in total. The first kappa shape index (κ1) is 12.5. The van der Waals surface area contributed by atoms with Crippen molar-refractivity contribution in [2.45, 2.75) is 19.9 Å². The zero-order valence-electron chi connectivity index (χ0n) is 9.88. The summed E-state index contributed by atoms with van der Waals surface area (Å²) < 4.78 is 30.1. The molecule has 1 aromatic carbocycles. The zero-order valence-corrected chi connectivity index (χ0v) is 9.88. The van der Waals surface area contributed by atoms with Gasteiger partial charge in [0.1, 0.15) is 0 Å². The molecule has 1 heterocycles. The van der Waals surface area contributed by atoms with E-state index in [1.807, 2.05) is 6.07 Å². The lowest BCUT2D eigenvalue weighted by Crippen LogP contribution is -2.47. The van der Waals surface area contributed by atoms with E-state index in [1.165, 1.54) is 6.07 Å². The van der Waals surface area contributed by atoms with Crippen LogP contribution >= 0.6 is 0 Å². The normalized spacial score (nSPS) is 18.1. The minimum Gasteiger partial charge on any atom is -0.380 e. The first-order valence-corrected chi connectivity index (χ1v) is 5.75. The van der Waals surface area contributed by atoms with Crippen molar-refractivity contribution >= 4 is 0 Å². The van der Waals surface area contributed by atoms with Crippen molar-refractivity contribution in [1.29, 1.82) is 0 Å². The predicted octanol–water partition coefficient (Wildman–Crippen LogP) is 2.75. The summed E-state index contributed by atoms with van der Waals surface area (Å²) in [5.41, 5.74) is 1.19. The van der Waals surface area contributed by atoms with Crippen molar-refractivity contribution < 1.29 is 13.5 Å². The highest BCUT2D eigenvalue weighted by Crippen LogP contribution is 2.25. The number of hydrogen-bond donors (Lipinski definition) is 1. The van der Waals surface area contributed by atoms with E-state index in [-0.39, 0.29) is 11.0 Å². The van der Waals surface area contributed by atoms with Crippen LogP contribution in [0, 0.1) is 5.41 Å². The smallest absolute Gasteiger partial charge is 0.263 e. The lowest BCUT2D eigenvalue weighted by molar-refractivity contribution is -0.0991. The molecule has 0 bridgehead atoms. The second-order valence-corrected chi connectivity index (χ2v) is 4.95. The van der Waals surface area contributed by atoms with Crippen molar-refractivity contribution in [3.8, 4) is 0 Å². The summed E-state index contributed by atoms with van der Waals surface area (Å²) in [5, 5.41) is 3.29.